The molecule has 3 rings (SSSR count). The van der Waals surface area contributed by atoms with Crippen LogP contribution >= 0.6 is 12.4 Å². The average Bonchev–Trinajstić information content (AvgIpc) is 2.90. The van der Waals surface area contributed by atoms with Gasteiger partial charge >= 0.3 is 5.69 Å². The van der Waals surface area contributed by atoms with Gasteiger partial charge in [-0.3, -0.25) is 14.1 Å². The number of nitrogens with one attached hydrogen (secondary N) is 2. The van der Waals surface area contributed by atoms with Crippen molar-refractivity contribution >= 4 is 24.0 Å². The summed E-state index contributed by atoms with van der Waals surface area (Å²) in [6, 6.07) is 5.38. The minimum Gasteiger partial charge on any atom is -0.355 e. The number of hydrogen-bond acceptors (Lipinski definition) is 5. The largest absolute Gasteiger partial charge is 0.355 e. The molecule has 0 spiro atoms. The van der Waals surface area contributed by atoms with Crippen LogP contribution in [0.25, 0.3) is 5.65 Å². The minimum atomic E-state index is -0.214. The summed E-state index contributed by atoms with van der Waals surface area (Å²) in [7, 11) is 0. The van der Waals surface area contributed by atoms with Crippen LogP contribution in [0.15, 0.2) is 29.2 Å². The maximum absolute atomic E-state index is 12.1. The summed E-state index contributed by atoms with van der Waals surface area (Å²) in [5.74, 6) is -0.0518. The molecule has 0 aliphatic carbocycles. The van der Waals surface area contributed by atoms with Gasteiger partial charge in [-0.1, -0.05) is 6.07 Å². The quantitative estimate of drug-likeness (QED) is 0.719. The van der Waals surface area contributed by atoms with Crippen molar-refractivity contribution in [1.29, 1.82) is 0 Å². The number of amides is 1. The number of pyridine rings is 1. The van der Waals surface area contributed by atoms with Crippen LogP contribution in [-0.4, -0.2) is 64.3 Å². The fraction of sp³-hybridized carbons (Fsp3) is 0.533. The molecule has 9 heteroatoms. The molecular weight excluding hydrogens is 332 g/mol. The molecule has 0 unspecified atom stereocenters. The van der Waals surface area contributed by atoms with Crippen LogP contribution in [0.3, 0.4) is 0 Å². The molecule has 1 amide bonds. The second-order valence-electron chi connectivity index (χ2n) is 5.63. The zero-order valence-corrected chi connectivity index (χ0v) is 14.3. The Balaban J connectivity index is 0.00000208. The molecule has 0 aromatic carbocycles. The zero-order chi connectivity index (χ0) is 16.1. The highest BCUT2D eigenvalue weighted by Gasteiger charge is 2.10. The lowest BCUT2D eigenvalue weighted by Gasteiger charge is -2.27. The van der Waals surface area contributed by atoms with Gasteiger partial charge in [0.15, 0.2) is 5.65 Å². The fourth-order valence-corrected chi connectivity index (χ4v) is 2.70. The first kappa shape index (κ1) is 18.4. The lowest BCUT2D eigenvalue weighted by Crippen LogP contribution is -2.46. The Kier molecular flexibility index (Phi) is 6.77. The number of hydrogen-bond donors (Lipinski definition) is 2. The molecule has 0 bridgehead atoms. The van der Waals surface area contributed by atoms with E-state index in [1.54, 1.807) is 18.3 Å². The van der Waals surface area contributed by atoms with Crippen LogP contribution in [0.1, 0.15) is 6.42 Å². The minimum absolute atomic E-state index is 0. The van der Waals surface area contributed by atoms with Gasteiger partial charge in [-0.2, -0.15) is 0 Å². The Morgan fingerprint density at radius 1 is 1.25 bits per heavy atom. The maximum atomic E-state index is 12.1. The first-order valence-corrected chi connectivity index (χ1v) is 7.98. The van der Waals surface area contributed by atoms with Crippen LogP contribution in [-0.2, 0) is 11.3 Å². The van der Waals surface area contributed by atoms with Gasteiger partial charge in [-0.15, -0.1) is 17.5 Å². The van der Waals surface area contributed by atoms with Gasteiger partial charge in [0.25, 0.3) is 0 Å². The number of nitrogens with zero attached hydrogens (tertiary/aromatic N) is 4. The van der Waals surface area contributed by atoms with E-state index in [1.807, 2.05) is 6.07 Å². The third kappa shape index (κ3) is 4.56. The summed E-state index contributed by atoms with van der Waals surface area (Å²) in [6.07, 6.45) is 1.93. The van der Waals surface area contributed by atoms with Gasteiger partial charge in [-0.25, -0.2) is 9.48 Å². The molecule has 2 N–H and O–H groups in total. The highest BCUT2D eigenvalue weighted by Crippen LogP contribution is 1.96. The normalized spacial score (nSPS) is 15.2. The van der Waals surface area contributed by atoms with E-state index in [-0.39, 0.29) is 30.4 Å². The van der Waals surface area contributed by atoms with Crippen molar-refractivity contribution in [3.8, 4) is 0 Å². The summed E-state index contributed by atoms with van der Waals surface area (Å²) >= 11 is 0. The Labute approximate surface area is 146 Å². The lowest BCUT2D eigenvalue weighted by molar-refractivity contribution is -0.121. The number of carbonyl (C=O) groups excluding carboxylic acids is 1. The highest BCUT2D eigenvalue weighted by atomic mass is 35.5. The molecule has 8 nitrogen and oxygen atoms in total. The molecule has 0 radical (unpaired) electrons. The van der Waals surface area contributed by atoms with E-state index in [2.05, 4.69) is 20.6 Å². The second-order valence-corrected chi connectivity index (χ2v) is 5.63. The molecule has 24 heavy (non-hydrogen) atoms. The molecule has 2 aromatic heterocycles. The van der Waals surface area contributed by atoms with E-state index in [0.717, 1.165) is 32.7 Å². The number of aryl methyl sites for hydroxylation is 1. The van der Waals surface area contributed by atoms with Crippen molar-refractivity contribution in [2.75, 3.05) is 39.3 Å². The van der Waals surface area contributed by atoms with Gasteiger partial charge in [0, 0.05) is 51.9 Å². The third-order valence-corrected chi connectivity index (χ3v) is 4.00. The van der Waals surface area contributed by atoms with Gasteiger partial charge in [0.05, 0.1) is 6.54 Å². The van der Waals surface area contributed by atoms with Gasteiger partial charge in [0.2, 0.25) is 5.91 Å². The molecule has 1 fully saturated rings. The number of piperazine rings is 1. The number of fused-ring (bicyclic) bond motifs is 1. The summed E-state index contributed by atoms with van der Waals surface area (Å²) < 4.78 is 2.81. The van der Waals surface area contributed by atoms with Crippen molar-refractivity contribution in [1.82, 2.24) is 29.7 Å². The van der Waals surface area contributed by atoms with Crippen LogP contribution < -0.4 is 16.3 Å². The van der Waals surface area contributed by atoms with Crippen molar-refractivity contribution in [2.45, 2.75) is 13.0 Å². The summed E-state index contributed by atoms with van der Waals surface area (Å²) in [6.45, 7) is 5.84. The average molecular weight is 355 g/mol. The number of rotatable bonds is 6. The maximum Gasteiger partial charge on any atom is 0.350 e. The molecule has 1 saturated heterocycles. The lowest BCUT2D eigenvalue weighted by atomic mass is 10.3. The predicted octanol–water partition coefficient (Wildman–Crippen LogP) is -0.671. The molecule has 3 heterocycles. The molecule has 1 aliphatic heterocycles. The number of carbonyl (C=O) groups is 1. The molecule has 1 aliphatic rings. The van der Waals surface area contributed by atoms with Crippen molar-refractivity contribution < 1.29 is 4.79 Å². The van der Waals surface area contributed by atoms with Crippen LogP contribution in [0.2, 0.25) is 0 Å². The smallest absolute Gasteiger partial charge is 0.350 e. The summed E-state index contributed by atoms with van der Waals surface area (Å²) in [5.41, 5.74) is 0.380. The first-order chi connectivity index (χ1) is 11.2. The fourth-order valence-electron chi connectivity index (χ4n) is 2.70. The van der Waals surface area contributed by atoms with Crippen molar-refractivity contribution in [2.24, 2.45) is 0 Å². The molecule has 132 valence electrons. The monoisotopic (exact) mass is 354 g/mol. The molecule has 2 aromatic rings. The Bertz CT molecular complexity index is 722. The Hall–Kier alpha value is -1.90. The van der Waals surface area contributed by atoms with E-state index in [1.165, 1.54) is 9.08 Å². The van der Waals surface area contributed by atoms with Crippen molar-refractivity contribution in [3.63, 3.8) is 0 Å². The predicted molar refractivity (Wildman–Crippen MR) is 93.6 cm³/mol. The van der Waals surface area contributed by atoms with Crippen LogP contribution in [0.5, 0.6) is 0 Å². The molecule has 0 atom stereocenters. The summed E-state index contributed by atoms with van der Waals surface area (Å²) in [4.78, 5) is 26.3. The first-order valence-electron chi connectivity index (χ1n) is 7.98. The zero-order valence-electron chi connectivity index (χ0n) is 13.5. The van der Waals surface area contributed by atoms with Gasteiger partial charge in [-0.05, 0) is 12.1 Å². The van der Waals surface area contributed by atoms with Gasteiger partial charge < -0.3 is 10.6 Å². The van der Waals surface area contributed by atoms with Crippen LogP contribution in [0.4, 0.5) is 0 Å². The summed E-state index contributed by atoms with van der Waals surface area (Å²) in [5, 5.41) is 10.4. The third-order valence-electron chi connectivity index (χ3n) is 4.00. The van der Waals surface area contributed by atoms with Crippen molar-refractivity contribution in [3.05, 3.63) is 34.9 Å². The standard InChI is InChI=1S/C15H22N6O2.ClH/c22-14(17-7-12-19-10-5-16-6-11-19)4-9-21-15(23)20-8-2-1-3-13(20)18-21;/h1-3,8,16H,4-7,9-12H2,(H,17,22);1H. The van der Waals surface area contributed by atoms with E-state index in [4.69, 9.17) is 0 Å². The highest BCUT2D eigenvalue weighted by molar-refractivity contribution is 5.85. The topological polar surface area (TPSA) is 83.7 Å². The van der Waals surface area contributed by atoms with Gasteiger partial charge in [0.1, 0.15) is 0 Å². The Morgan fingerprint density at radius 3 is 2.79 bits per heavy atom. The van der Waals surface area contributed by atoms with E-state index >= 15 is 0 Å². The van der Waals surface area contributed by atoms with Crippen LogP contribution in [0, 0.1) is 0 Å². The molecule has 0 saturated carbocycles. The van der Waals surface area contributed by atoms with E-state index in [0.29, 0.717) is 18.7 Å². The molecular formula is C15H23ClN6O2. The van der Waals surface area contributed by atoms with E-state index in [9.17, 15) is 9.59 Å². The van der Waals surface area contributed by atoms with E-state index < -0.39 is 0 Å². The second kappa shape index (κ2) is 8.81. The SMILES string of the molecule is Cl.O=C(CCn1nc2ccccn2c1=O)NCCN1CCNCC1. The Morgan fingerprint density at radius 2 is 2.04 bits per heavy atom. The number of halogens is 1. The number of aromatic nitrogens is 3.